The van der Waals surface area contributed by atoms with Crippen molar-refractivity contribution >= 4 is 5.82 Å². The van der Waals surface area contributed by atoms with Crippen LogP contribution in [-0.2, 0) is 6.54 Å². The van der Waals surface area contributed by atoms with Crippen LogP contribution in [0.15, 0.2) is 24.9 Å². The quantitative estimate of drug-likeness (QED) is 0.655. The fourth-order valence-corrected chi connectivity index (χ4v) is 0.918. The Morgan fingerprint density at radius 1 is 1.62 bits per heavy atom. The molecule has 0 bridgehead atoms. The van der Waals surface area contributed by atoms with Crippen LogP contribution in [0.3, 0.4) is 0 Å². The van der Waals surface area contributed by atoms with Crippen LogP contribution in [-0.4, -0.2) is 23.6 Å². The molecule has 0 atom stereocenters. The number of rotatable bonds is 5. The van der Waals surface area contributed by atoms with Crippen LogP contribution in [0, 0.1) is 0 Å². The Labute approximate surface area is 78.1 Å². The Bertz CT molecular complexity index is 272. The van der Waals surface area contributed by atoms with E-state index in [0.717, 1.165) is 18.2 Å². The highest BCUT2D eigenvalue weighted by Crippen LogP contribution is 2.00. The first-order chi connectivity index (χ1) is 6.36. The average molecular weight is 178 g/mol. The van der Waals surface area contributed by atoms with E-state index in [2.05, 4.69) is 27.2 Å². The predicted octanol–water partition coefficient (Wildman–Crippen LogP) is 0.794. The van der Waals surface area contributed by atoms with Crippen molar-refractivity contribution in [2.45, 2.75) is 6.54 Å². The van der Waals surface area contributed by atoms with E-state index in [1.165, 1.54) is 0 Å². The molecule has 0 spiro atoms. The largest absolute Gasteiger partial charge is 0.367 e. The lowest BCUT2D eigenvalue weighted by Crippen LogP contribution is -2.10. The molecule has 2 N–H and O–H groups in total. The highest BCUT2D eigenvalue weighted by Gasteiger charge is 1.95. The first kappa shape index (κ1) is 9.67. The molecule has 0 amide bonds. The lowest BCUT2D eigenvalue weighted by molar-refractivity contribution is 0.759. The minimum Gasteiger partial charge on any atom is -0.367 e. The third-order valence-corrected chi connectivity index (χ3v) is 1.47. The first-order valence-corrected chi connectivity index (χ1v) is 4.18. The number of nitrogens with one attached hydrogen (secondary N) is 2. The maximum Gasteiger partial charge on any atom is 0.144 e. The van der Waals surface area contributed by atoms with E-state index in [4.69, 9.17) is 0 Å². The Hall–Kier alpha value is -1.42. The van der Waals surface area contributed by atoms with Gasteiger partial charge in [0.25, 0.3) is 0 Å². The number of aromatic nitrogens is 2. The fourth-order valence-electron chi connectivity index (χ4n) is 0.918. The zero-order valence-corrected chi connectivity index (χ0v) is 7.75. The van der Waals surface area contributed by atoms with Gasteiger partial charge in [-0.1, -0.05) is 6.08 Å². The molecule has 13 heavy (non-hydrogen) atoms. The number of anilines is 1. The van der Waals surface area contributed by atoms with Gasteiger partial charge in [0, 0.05) is 12.7 Å². The second-order valence-electron chi connectivity index (χ2n) is 2.56. The first-order valence-electron chi connectivity index (χ1n) is 4.18. The van der Waals surface area contributed by atoms with Crippen molar-refractivity contribution in [1.82, 2.24) is 15.3 Å². The molecule has 1 aromatic heterocycles. The van der Waals surface area contributed by atoms with Gasteiger partial charge in [0.15, 0.2) is 0 Å². The van der Waals surface area contributed by atoms with Gasteiger partial charge < -0.3 is 10.6 Å². The molecule has 0 aromatic carbocycles. The van der Waals surface area contributed by atoms with Crippen LogP contribution in [0.5, 0.6) is 0 Å². The maximum absolute atomic E-state index is 4.27. The molecule has 4 nitrogen and oxygen atoms in total. The summed E-state index contributed by atoms with van der Waals surface area (Å²) in [5.41, 5.74) is 0. The second-order valence-corrected chi connectivity index (χ2v) is 2.56. The van der Waals surface area contributed by atoms with E-state index in [-0.39, 0.29) is 0 Å². The molecule has 0 aliphatic heterocycles. The summed E-state index contributed by atoms with van der Waals surface area (Å²) in [5.74, 6) is 1.62. The van der Waals surface area contributed by atoms with Gasteiger partial charge in [0.1, 0.15) is 11.6 Å². The van der Waals surface area contributed by atoms with Crippen molar-refractivity contribution in [3.05, 3.63) is 30.7 Å². The van der Waals surface area contributed by atoms with Crippen LogP contribution in [0.2, 0.25) is 0 Å². The van der Waals surface area contributed by atoms with Crippen LogP contribution >= 0.6 is 0 Å². The normalized spacial score (nSPS) is 9.62. The topological polar surface area (TPSA) is 49.8 Å². The standard InChI is InChI=1S/C9H14N4/c1-3-5-11-8-4-6-12-9(13-8)7-10-2/h3-4,6,10H,1,5,7H2,2H3,(H,11,12,13). The molecule has 4 heteroatoms. The van der Waals surface area contributed by atoms with Gasteiger partial charge in [0.05, 0.1) is 6.54 Å². The second kappa shape index (κ2) is 5.27. The third-order valence-electron chi connectivity index (χ3n) is 1.47. The number of hydrogen-bond acceptors (Lipinski definition) is 4. The zero-order valence-electron chi connectivity index (χ0n) is 7.75. The van der Waals surface area contributed by atoms with Crippen molar-refractivity contribution in [2.75, 3.05) is 18.9 Å². The number of hydrogen-bond donors (Lipinski definition) is 2. The molecule has 0 saturated heterocycles. The van der Waals surface area contributed by atoms with E-state index in [1.807, 2.05) is 13.1 Å². The van der Waals surface area contributed by atoms with Crippen molar-refractivity contribution in [1.29, 1.82) is 0 Å². The van der Waals surface area contributed by atoms with Crippen LogP contribution in [0.1, 0.15) is 5.82 Å². The predicted molar refractivity (Wildman–Crippen MR) is 53.5 cm³/mol. The lowest BCUT2D eigenvalue weighted by Gasteiger charge is -2.03. The summed E-state index contributed by atoms with van der Waals surface area (Å²) < 4.78 is 0. The van der Waals surface area contributed by atoms with Crippen molar-refractivity contribution < 1.29 is 0 Å². The van der Waals surface area contributed by atoms with E-state index in [0.29, 0.717) is 6.54 Å². The summed E-state index contributed by atoms with van der Waals surface area (Å²) in [7, 11) is 1.87. The van der Waals surface area contributed by atoms with Crippen LogP contribution < -0.4 is 10.6 Å². The Kier molecular flexibility index (Phi) is 3.92. The molecule has 1 heterocycles. The molecule has 1 rings (SSSR count). The highest BCUT2D eigenvalue weighted by molar-refractivity contribution is 5.33. The highest BCUT2D eigenvalue weighted by atomic mass is 15.0. The number of nitrogens with zero attached hydrogens (tertiary/aromatic N) is 2. The average Bonchev–Trinajstić information content (AvgIpc) is 2.16. The van der Waals surface area contributed by atoms with Crippen molar-refractivity contribution in [3.63, 3.8) is 0 Å². The van der Waals surface area contributed by atoms with Gasteiger partial charge in [-0.3, -0.25) is 0 Å². The van der Waals surface area contributed by atoms with Gasteiger partial charge in [-0.15, -0.1) is 6.58 Å². The van der Waals surface area contributed by atoms with Crippen LogP contribution in [0.25, 0.3) is 0 Å². The van der Waals surface area contributed by atoms with E-state index in [9.17, 15) is 0 Å². The summed E-state index contributed by atoms with van der Waals surface area (Å²) in [6.07, 6.45) is 3.53. The minimum atomic E-state index is 0.684. The van der Waals surface area contributed by atoms with Gasteiger partial charge in [-0.25, -0.2) is 9.97 Å². The van der Waals surface area contributed by atoms with Crippen LogP contribution in [0.4, 0.5) is 5.82 Å². The van der Waals surface area contributed by atoms with Crippen molar-refractivity contribution in [3.8, 4) is 0 Å². The zero-order chi connectivity index (χ0) is 9.52. The van der Waals surface area contributed by atoms with Gasteiger partial charge in [-0.2, -0.15) is 0 Å². The smallest absolute Gasteiger partial charge is 0.144 e. The summed E-state index contributed by atoms with van der Waals surface area (Å²) in [6.45, 7) is 5.02. The molecular formula is C9H14N4. The molecule has 0 aliphatic rings. The van der Waals surface area contributed by atoms with E-state index >= 15 is 0 Å². The lowest BCUT2D eigenvalue weighted by atomic mass is 10.5. The molecule has 70 valence electrons. The minimum absolute atomic E-state index is 0.684. The monoisotopic (exact) mass is 178 g/mol. The van der Waals surface area contributed by atoms with Gasteiger partial charge >= 0.3 is 0 Å². The molecule has 0 saturated carbocycles. The molecule has 1 aromatic rings. The Morgan fingerprint density at radius 3 is 3.15 bits per heavy atom. The van der Waals surface area contributed by atoms with Gasteiger partial charge in [-0.05, 0) is 13.1 Å². The SMILES string of the molecule is C=CCNc1ccnc(CNC)n1. The molecule has 0 fully saturated rings. The summed E-state index contributed by atoms with van der Waals surface area (Å²) >= 11 is 0. The molecular weight excluding hydrogens is 164 g/mol. The van der Waals surface area contributed by atoms with Gasteiger partial charge in [0.2, 0.25) is 0 Å². The Balaban J connectivity index is 2.61. The molecule has 0 aliphatic carbocycles. The summed E-state index contributed by atoms with van der Waals surface area (Å²) in [4.78, 5) is 8.37. The third kappa shape index (κ3) is 3.21. The Morgan fingerprint density at radius 2 is 2.46 bits per heavy atom. The molecule has 0 radical (unpaired) electrons. The maximum atomic E-state index is 4.27. The fraction of sp³-hybridized carbons (Fsp3) is 0.333. The summed E-state index contributed by atoms with van der Waals surface area (Å²) in [6, 6.07) is 1.84. The van der Waals surface area contributed by atoms with Crippen molar-refractivity contribution in [2.24, 2.45) is 0 Å². The summed E-state index contributed by atoms with van der Waals surface area (Å²) in [5, 5.41) is 6.09. The van der Waals surface area contributed by atoms with E-state index < -0.39 is 0 Å². The van der Waals surface area contributed by atoms with E-state index in [1.54, 1.807) is 12.3 Å². The molecule has 0 unspecified atom stereocenters.